The molecule has 6 heteroatoms. The number of carbonyl (C=O) groups is 1. The van der Waals surface area contributed by atoms with Gasteiger partial charge in [-0.15, -0.1) is 0 Å². The predicted octanol–water partition coefficient (Wildman–Crippen LogP) is 3.06. The Balaban J connectivity index is 2.62. The van der Waals surface area contributed by atoms with E-state index < -0.39 is 18.0 Å². The molecular formula is C14H16ClNO4. The number of hydrogen-bond acceptors (Lipinski definition) is 4. The van der Waals surface area contributed by atoms with Crippen LogP contribution in [0.2, 0.25) is 5.02 Å². The Morgan fingerprint density at radius 2 is 1.95 bits per heavy atom. The highest BCUT2D eigenvalue weighted by Crippen LogP contribution is 2.27. The fourth-order valence-electron chi connectivity index (χ4n) is 1.90. The summed E-state index contributed by atoms with van der Waals surface area (Å²) in [4.78, 5) is 12.2. The zero-order chi connectivity index (χ0) is 15.1. The maximum atomic E-state index is 12.2. The first kappa shape index (κ1) is 14.8. The van der Waals surface area contributed by atoms with Crippen LogP contribution >= 0.6 is 11.6 Å². The number of ether oxygens (including phenoxy) is 1. The molecule has 0 saturated heterocycles. The van der Waals surface area contributed by atoms with E-state index in [9.17, 15) is 15.0 Å². The van der Waals surface area contributed by atoms with Gasteiger partial charge in [0.1, 0.15) is 5.60 Å². The molecule has 2 aromatic rings. The highest BCUT2D eigenvalue weighted by Gasteiger charge is 2.24. The predicted molar refractivity (Wildman–Crippen MR) is 75.8 cm³/mol. The van der Waals surface area contributed by atoms with E-state index >= 15 is 0 Å². The number of aliphatic hydroxyl groups excluding tert-OH is 1. The van der Waals surface area contributed by atoms with Gasteiger partial charge in [0.25, 0.3) is 0 Å². The van der Waals surface area contributed by atoms with Crippen molar-refractivity contribution >= 4 is 28.6 Å². The standard InChI is InChI=1S/C14H16ClNO4/c1-14(2,3)20-13(19)16-10-7-9(15)5-4-8(10)6-11(16)12(17)18/h4-7,12,17-18H,1-3H3. The Labute approximate surface area is 121 Å². The third kappa shape index (κ3) is 2.95. The van der Waals surface area contributed by atoms with Crippen molar-refractivity contribution in [2.24, 2.45) is 0 Å². The fraction of sp³-hybridized carbons (Fsp3) is 0.357. The van der Waals surface area contributed by atoms with Gasteiger partial charge in [0.05, 0.1) is 11.2 Å². The highest BCUT2D eigenvalue weighted by molar-refractivity contribution is 6.31. The Morgan fingerprint density at radius 1 is 1.30 bits per heavy atom. The SMILES string of the molecule is CC(C)(C)OC(=O)n1c(C(O)O)cc2ccc(Cl)cc21. The lowest BCUT2D eigenvalue weighted by Crippen LogP contribution is -2.28. The van der Waals surface area contributed by atoms with E-state index in [-0.39, 0.29) is 5.69 Å². The minimum absolute atomic E-state index is 0.0384. The molecule has 0 amide bonds. The molecule has 2 rings (SSSR count). The Hall–Kier alpha value is -1.56. The van der Waals surface area contributed by atoms with E-state index in [2.05, 4.69) is 0 Å². The molecule has 5 nitrogen and oxygen atoms in total. The summed E-state index contributed by atoms with van der Waals surface area (Å²) in [6, 6.07) is 6.45. The van der Waals surface area contributed by atoms with Crippen molar-refractivity contribution in [2.45, 2.75) is 32.7 Å². The highest BCUT2D eigenvalue weighted by atomic mass is 35.5. The van der Waals surface area contributed by atoms with Gasteiger partial charge in [-0.1, -0.05) is 17.7 Å². The first-order chi connectivity index (χ1) is 9.19. The summed E-state index contributed by atoms with van der Waals surface area (Å²) in [7, 11) is 0. The van der Waals surface area contributed by atoms with E-state index in [0.29, 0.717) is 15.9 Å². The van der Waals surface area contributed by atoms with Crippen molar-refractivity contribution in [1.82, 2.24) is 4.57 Å². The number of nitrogens with zero attached hydrogens (tertiary/aromatic N) is 1. The number of carbonyl (C=O) groups excluding carboxylic acids is 1. The minimum atomic E-state index is -1.78. The molecule has 0 atom stereocenters. The normalized spacial score (nSPS) is 12.2. The molecule has 0 saturated carbocycles. The summed E-state index contributed by atoms with van der Waals surface area (Å²) < 4.78 is 6.40. The number of fused-ring (bicyclic) bond motifs is 1. The summed E-state index contributed by atoms with van der Waals surface area (Å²) in [5.74, 6) is 0. The first-order valence-electron chi connectivity index (χ1n) is 6.09. The Kier molecular flexibility index (Phi) is 3.77. The van der Waals surface area contributed by atoms with Crippen LogP contribution in [0, 0.1) is 0 Å². The van der Waals surface area contributed by atoms with Crippen LogP contribution in [0.5, 0.6) is 0 Å². The average Bonchev–Trinajstić information content (AvgIpc) is 2.65. The lowest BCUT2D eigenvalue weighted by atomic mass is 10.2. The quantitative estimate of drug-likeness (QED) is 0.794. The molecule has 0 radical (unpaired) electrons. The molecular weight excluding hydrogens is 282 g/mol. The van der Waals surface area contributed by atoms with E-state index in [1.165, 1.54) is 6.07 Å². The number of rotatable bonds is 1. The van der Waals surface area contributed by atoms with Crippen LogP contribution < -0.4 is 0 Å². The van der Waals surface area contributed by atoms with Gasteiger partial charge >= 0.3 is 6.09 Å². The summed E-state index contributed by atoms with van der Waals surface area (Å²) >= 11 is 5.93. The van der Waals surface area contributed by atoms with Crippen LogP contribution in [0.25, 0.3) is 10.9 Å². The first-order valence-corrected chi connectivity index (χ1v) is 6.47. The van der Waals surface area contributed by atoms with Gasteiger partial charge in [-0.25, -0.2) is 9.36 Å². The number of aromatic nitrogens is 1. The maximum Gasteiger partial charge on any atom is 0.419 e. The summed E-state index contributed by atoms with van der Waals surface area (Å²) in [5, 5.41) is 19.9. The van der Waals surface area contributed by atoms with Crippen molar-refractivity contribution in [3.05, 3.63) is 35.0 Å². The fourth-order valence-corrected chi connectivity index (χ4v) is 2.06. The number of benzene rings is 1. The molecule has 1 aromatic heterocycles. The second kappa shape index (κ2) is 5.09. The van der Waals surface area contributed by atoms with Crippen LogP contribution in [-0.2, 0) is 4.74 Å². The van der Waals surface area contributed by atoms with Crippen molar-refractivity contribution < 1.29 is 19.7 Å². The molecule has 0 fully saturated rings. The van der Waals surface area contributed by atoms with Gasteiger partial charge in [0, 0.05) is 10.4 Å². The summed E-state index contributed by atoms with van der Waals surface area (Å²) in [5.41, 5.74) is -0.185. The second-order valence-corrected chi connectivity index (χ2v) is 5.90. The van der Waals surface area contributed by atoms with Gasteiger partial charge in [0.2, 0.25) is 0 Å². The second-order valence-electron chi connectivity index (χ2n) is 5.46. The number of hydrogen-bond donors (Lipinski definition) is 2. The summed E-state index contributed by atoms with van der Waals surface area (Å²) in [6.07, 6.45) is -2.47. The van der Waals surface area contributed by atoms with Crippen molar-refractivity contribution in [3.8, 4) is 0 Å². The Bertz CT molecular complexity index is 655. The van der Waals surface area contributed by atoms with Crippen molar-refractivity contribution in [1.29, 1.82) is 0 Å². The molecule has 0 aliphatic heterocycles. The molecule has 0 spiro atoms. The van der Waals surface area contributed by atoms with Gasteiger partial charge in [-0.2, -0.15) is 0 Å². The number of aliphatic hydroxyl groups is 2. The van der Waals surface area contributed by atoms with Crippen LogP contribution in [0.4, 0.5) is 4.79 Å². The van der Waals surface area contributed by atoms with Gasteiger partial charge in [-0.3, -0.25) is 0 Å². The molecule has 0 unspecified atom stereocenters. The maximum absolute atomic E-state index is 12.2. The van der Waals surface area contributed by atoms with E-state index in [0.717, 1.165) is 4.57 Å². The Morgan fingerprint density at radius 3 is 2.50 bits per heavy atom. The molecule has 0 aliphatic rings. The van der Waals surface area contributed by atoms with Gasteiger partial charge in [0.15, 0.2) is 6.29 Å². The van der Waals surface area contributed by atoms with E-state index in [4.69, 9.17) is 16.3 Å². The van der Waals surface area contributed by atoms with Crippen LogP contribution in [0.15, 0.2) is 24.3 Å². The van der Waals surface area contributed by atoms with Gasteiger partial charge in [-0.05, 0) is 39.0 Å². The zero-order valence-electron chi connectivity index (χ0n) is 11.4. The third-order valence-electron chi connectivity index (χ3n) is 2.64. The lowest BCUT2D eigenvalue weighted by molar-refractivity contribution is -0.0485. The molecule has 0 aliphatic carbocycles. The van der Waals surface area contributed by atoms with Crippen molar-refractivity contribution in [2.75, 3.05) is 0 Å². The lowest BCUT2D eigenvalue weighted by Gasteiger charge is -2.21. The zero-order valence-corrected chi connectivity index (χ0v) is 12.2. The molecule has 1 heterocycles. The third-order valence-corrected chi connectivity index (χ3v) is 2.87. The van der Waals surface area contributed by atoms with E-state index in [1.807, 2.05) is 0 Å². The molecule has 108 valence electrons. The van der Waals surface area contributed by atoms with Crippen LogP contribution in [0.3, 0.4) is 0 Å². The van der Waals surface area contributed by atoms with Crippen LogP contribution in [-0.4, -0.2) is 26.5 Å². The van der Waals surface area contributed by atoms with Crippen LogP contribution in [0.1, 0.15) is 32.8 Å². The largest absolute Gasteiger partial charge is 0.443 e. The summed E-state index contributed by atoms with van der Waals surface area (Å²) in [6.45, 7) is 5.20. The molecule has 0 bridgehead atoms. The number of halogens is 1. The monoisotopic (exact) mass is 297 g/mol. The smallest absolute Gasteiger partial charge is 0.419 e. The van der Waals surface area contributed by atoms with Gasteiger partial charge < -0.3 is 14.9 Å². The molecule has 20 heavy (non-hydrogen) atoms. The van der Waals surface area contributed by atoms with E-state index in [1.54, 1.807) is 39.0 Å². The molecule has 2 N–H and O–H groups in total. The van der Waals surface area contributed by atoms with Crippen molar-refractivity contribution in [3.63, 3.8) is 0 Å². The topological polar surface area (TPSA) is 71.7 Å². The molecule has 1 aromatic carbocycles. The average molecular weight is 298 g/mol. The minimum Gasteiger partial charge on any atom is -0.443 e.